The first-order chi connectivity index (χ1) is 10.7. The van der Waals surface area contributed by atoms with E-state index >= 15 is 0 Å². The molecule has 0 saturated heterocycles. The fourth-order valence-corrected chi connectivity index (χ4v) is 2.18. The lowest BCUT2D eigenvalue weighted by molar-refractivity contribution is 0.386. The SMILES string of the molecule is COc1ccc(-c2cnc(-c3ccccc3)nc2N)cc1F. The molecule has 110 valence electrons. The molecular formula is C17H14FN3O. The molecule has 3 rings (SSSR count). The number of nitrogens with zero attached hydrogens (tertiary/aromatic N) is 2. The van der Waals surface area contributed by atoms with Crippen molar-refractivity contribution in [1.29, 1.82) is 0 Å². The molecule has 0 aliphatic carbocycles. The number of anilines is 1. The Morgan fingerprint density at radius 3 is 2.45 bits per heavy atom. The molecule has 2 aromatic carbocycles. The van der Waals surface area contributed by atoms with Crippen molar-refractivity contribution in [1.82, 2.24) is 9.97 Å². The van der Waals surface area contributed by atoms with Gasteiger partial charge in [-0.3, -0.25) is 0 Å². The number of aromatic nitrogens is 2. The summed E-state index contributed by atoms with van der Waals surface area (Å²) in [5.41, 5.74) is 8.07. The highest BCUT2D eigenvalue weighted by Gasteiger charge is 2.11. The van der Waals surface area contributed by atoms with Crippen LogP contribution in [0.25, 0.3) is 22.5 Å². The number of hydrogen-bond donors (Lipinski definition) is 1. The Kier molecular flexibility index (Phi) is 3.70. The van der Waals surface area contributed by atoms with E-state index in [2.05, 4.69) is 9.97 Å². The lowest BCUT2D eigenvalue weighted by atomic mass is 10.1. The van der Waals surface area contributed by atoms with Gasteiger partial charge in [0, 0.05) is 17.3 Å². The summed E-state index contributed by atoms with van der Waals surface area (Å²) in [6.45, 7) is 0. The second kappa shape index (κ2) is 5.81. The molecule has 0 aliphatic heterocycles. The van der Waals surface area contributed by atoms with Gasteiger partial charge in [-0.1, -0.05) is 36.4 Å². The number of ether oxygens (including phenoxy) is 1. The van der Waals surface area contributed by atoms with Gasteiger partial charge in [-0.25, -0.2) is 14.4 Å². The number of benzene rings is 2. The van der Waals surface area contributed by atoms with E-state index in [0.29, 0.717) is 22.8 Å². The van der Waals surface area contributed by atoms with Crippen LogP contribution < -0.4 is 10.5 Å². The maximum atomic E-state index is 13.8. The number of nitrogen functional groups attached to an aromatic ring is 1. The fraction of sp³-hybridized carbons (Fsp3) is 0.0588. The van der Waals surface area contributed by atoms with Gasteiger partial charge in [-0.2, -0.15) is 0 Å². The average molecular weight is 295 g/mol. The van der Waals surface area contributed by atoms with Gasteiger partial charge in [-0.05, 0) is 17.7 Å². The second-order valence-electron chi connectivity index (χ2n) is 4.71. The first kappa shape index (κ1) is 14.0. The van der Waals surface area contributed by atoms with Gasteiger partial charge in [0.05, 0.1) is 7.11 Å². The van der Waals surface area contributed by atoms with Crippen LogP contribution in [-0.4, -0.2) is 17.1 Å². The zero-order chi connectivity index (χ0) is 15.5. The molecule has 0 unspecified atom stereocenters. The van der Waals surface area contributed by atoms with Crippen LogP contribution in [0.3, 0.4) is 0 Å². The van der Waals surface area contributed by atoms with Gasteiger partial charge in [0.1, 0.15) is 5.82 Å². The highest BCUT2D eigenvalue weighted by molar-refractivity contribution is 5.75. The summed E-state index contributed by atoms with van der Waals surface area (Å²) < 4.78 is 18.7. The second-order valence-corrected chi connectivity index (χ2v) is 4.71. The lowest BCUT2D eigenvalue weighted by Crippen LogP contribution is -1.99. The Labute approximate surface area is 127 Å². The topological polar surface area (TPSA) is 61.0 Å². The van der Waals surface area contributed by atoms with Gasteiger partial charge in [0.15, 0.2) is 17.4 Å². The summed E-state index contributed by atoms with van der Waals surface area (Å²) in [5, 5.41) is 0. The molecule has 5 heteroatoms. The van der Waals surface area contributed by atoms with Gasteiger partial charge in [-0.15, -0.1) is 0 Å². The highest BCUT2D eigenvalue weighted by atomic mass is 19.1. The zero-order valence-electron chi connectivity index (χ0n) is 12.0. The summed E-state index contributed by atoms with van der Waals surface area (Å²) in [6, 6.07) is 14.2. The average Bonchev–Trinajstić information content (AvgIpc) is 2.55. The molecule has 1 aromatic heterocycles. The number of nitrogens with two attached hydrogens (primary N) is 1. The number of rotatable bonds is 3. The first-order valence-electron chi connectivity index (χ1n) is 6.71. The number of methoxy groups -OCH3 is 1. The van der Waals surface area contributed by atoms with Crippen LogP contribution >= 0.6 is 0 Å². The van der Waals surface area contributed by atoms with E-state index in [0.717, 1.165) is 5.56 Å². The molecule has 0 amide bonds. The summed E-state index contributed by atoms with van der Waals surface area (Å²) in [4.78, 5) is 8.62. The fourth-order valence-electron chi connectivity index (χ4n) is 2.18. The van der Waals surface area contributed by atoms with Crippen molar-refractivity contribution >= 4 is 5.82 Å². The van der Waals surface area contributed by atoms with E-state index in [-0.39, 0.29) is 5.75 Å². The van der Waals surface area contributed by atoms with E-state index in [1.54, 1.807) is 18.3 Å². The number of halogens is 1. The first-order valence-corrected chi connectivity index (χ1v) is 6.71. The Hall–Kier alpha value is -2.95. The summed E-state index contributed by atoms with van der Waals surface area (Å²) >= 11 is 0. The van der Waals surface area contributed by atoms with Crippen molar-refractivity contribution in [2.75, 3.05) is 12.8 Å². The molecule has 4 nitrogen and oxygen atoms in total. The molecule has 3 aromatic rings. The van der Waals surface area contributed by atoms with Crippen LogP contribution in [0.2, 0.25) is 0 Å². The quantitative estimate of drug-likeness (QED) is 0.803. The van der Waals surface area contributed by atoms with Gasteiger partial charge >= 0.3 is 0 Å². The van der Waals surface area contributed by atoms with Crippen LogP contribution in [-0.2, 0) is 0 Å². The Morgan fingerprint density at radius 1 is 1.05 bits per heavy atom. The third-order valence-electron chi connectivity index (χ3n) is 3.31. The molecule has 1 heterocycles. The van der Waals surface area contributed by atoms with Crippen LogP contribution in [0.1, 0.15) is 0 Å². The summed E-state index contributed by atoms with van der Waals surface area (Å²) in [7, 11) is 1.42. The molecule has 0 saturated carbocycles. The molecule has 22 heavy (non-hydrogen) atoms. The van der Waals surface area contributed by atoms with Crippen LogP contribution in [0.15, 0.2) is 54.7 Å². The molecule has 0 fully saturated rings. The van der Waals surface area contributed by atoms with Crippen molar-refractivity contribution in [2.45, 2.75) is 0 Å². The normalized spacial score (nSPS) is 10.5. The van der Waals surface area contributed by atoms with E-state index < -0.39 is 5.82 Å². The molecule has 0 radical (unpaired) electrons. The monoisotopic (exact) mass is 295 g/mol. The molecule has 0 atom stereocenters. The van der Waals surface area contributed by atoms with Gasteiger partial charge in [0.25, 0.3) is 0 Å². The third-order valence-corrected chi connectivity index (χ3v) is 3.31. The smallest absolute Gasteiger partial charge is 0.165 e. The standard InChI is InChI=1S/C17H14FN3O/c1-22-15-8-7-12(9-14(15)18)13-10-20-17(21-16(13)19)11-5-3-2-4-6-11/h2-10H,1H3,(H2,19,20,21). The maximum Gasteiger partial charge on any atom is 0.165 e. The minimum atomic E-state index is -0.452. The molecule has 2 N–H and O–H groups in total. The highest BCUT2D eigenvalue weighted by Crippen LogP contribution is 2.29. The lowest BCUT2D eigenvalue weighted by Gasteiger charge is -2.08. The van der Waals surface area contributed by atoms with Crippen LogP contribution in [0, 0.1) is 5.82 Å². The minimum absolute atomic E-state index is 0.184. The molecule has 0 spiro atoms. The van der Waals surface area contributed by atoms with Crippen molar-refractivity contribution in [3.63, 3.8) is 0 Å². The van der Waals surface area contributed by atoms with Crippen LogP contribution in [0.4, 0.5) is 10.2 Å². The van der Waals surface area contributed by atoms with Crippen LogP contribution in [0.5, 0.6) is 5.75 Å². The van der Waals surface area contributed by atoms with Crippen molar-refractivity contribution in [3.8, 4) is 28.3 Å². The number of hydrogen-bond acceptors (Lipinski definition) is 4. The maximum absolute atomic E-state index is 13.8. The Balaban J connectivity index is 2.01. The van der Waals surface area contributed by atoms with E-state index in [1.165, 1.54) is 13.2 Å². The molecule has 0 aliphatic rings. The molecule has 0 bridgehead atoms. The van der Waals surface area contributed by atoms with Crippen molar-refractivity contribution < 1.29 is 9.13 Å². The minimum Gasteiger partial charge on any atom is -0.494 e. The van der Waals surface area contributed by atoms with Crippen molar-refractivity contribution in [2.24, 2.45) is 0 Å². The van der Waals surface area contributed by atoms with E-state index in [9.17, 15) is 4.39 Å². The Morgan fingerprint density at radius 2 is 1.82 bits per heavy atom. The van der Waals surface area contributed by atoms with Gasteiger partial charge < -0.3 is 10.5 Å². The molecular weight excluding hydrogens is 281 g/mol. The summed E-state index contributed by atoms with van der Waals surface area (Å²) in [5.74, 6) is 0.574. The van der Waals surface area contributed by atoms with E-state index in [4.69, 9.17) is 10.5 Å². The van der Waals surface area contributed by atoms with Crippen molar-refractivity contribution in [3.05, 3.63) is 60.5 Å². The largest absolute Gasteiger partial charge is 0.494 e. The zero-order valence-corrected chi connectivity index (χ0v) is 12.0. The predicted octanol–water partition coefficient (Wildman–Crippen LogP) is 3.54. The summed E-state index contributed by atoms with van der Waals surface area (Å²) in [6.07, 6.45) is 1.60. The Bertz CT molecular complexity index is 806. The van der Waals surface area contributed by atoms with Gasteiger partial charge in [0.2, 0.25) is 0 Å². The van der Waals surface area contributed by atoms with E-state index in [1.807, 2.05) is 30.3 Å². The predicted molar refractivity (Wildman–Crippen MR) is 83.8 cm³/mol. The third kappa shape index (κ3) is 2.61.